The van der Waals surface area contributed by atoms with E-state index in [2.05, 4.69) is 337 Å². The summed E-state index contributed by atoms with van der Waals surface area (Å²) in [5.74, 6) is 0. The summed E-state index contributed by atoms with van der Waals surface area (Å²) in [6.07, 6.45) is 0. The molecule has 88 heavy (non-hydrogen) atoms. The van der Waals surface area contributed by atoms with E-state index >= 15 is 0 Å². The van der Waals surface area contributed by atoms with E-state index in [9.17, 15) is 0 Å². The van der Waals surface area contributed by atoms with Crippen LogP contribution < -0.4 is 0 Å². The lowest BCUT2D eigenvalue weighted by Crippen LogP contribution is -1.95. The minimum atomic E-state index is 1.12. The first kappa shape index (κ1) is 49.8. The maximum Gasteiger partial charge on any atom is 0.0541 e. The molecular weight excluding hydrogens is 1060 g/mol. The summed E-state index contributed by atoms with van der Waals surface area (Å²) in [5, 5.41) is 17.3. The summed E-state index contributed by atoms with van der Waals surface area (Å²) in [5.41, 5.74) is 21.6. The molecule has 0 N–H and O–H groups in total. The molecule has 18 aromatic rings. The van der Waals surface area contributed by atoms with Gasteiger partial charge in [-0.25, -0.2) is 0 Å². The van der Waals surface area contributed by atoms with Gasteiger partial charge in [0.05, 0.1) is 22.1 Å². The second-order valence-corrected chi connectivity index (χ2v) is 23.5. The molecule has 2 heteroatoms. The summed E-state index contributed by atoms with van der Waals surface area (Å²) >= 11 is 0. The molecule has 0 saturated heterocycles. The monoisotopic (exact) mass is 1110 g/mol. The zero-order chi connectivity index (χ0) is 57.8. The lowest BCUT2D eigenvalue weighted by Gasteiger charge is -2.20. The van der Waals surface area contributed by atoms with Gasteiger partial charge in [0.15, 0.2) is 0 Å². The van der Waals surface area contributed by atoms with Crippen LogP contribution in [0, 0.1) is 0 Å². The van der Waals surface area contributed by atoms with Crippen LogP contribution in [0.1, 0.15) is 0 Å². The molecule has 2 nitrogen and oxygen atoms in total. The molecule has 0 aliphatic heterocycles. The Labute approximate surface area is 509 Å². The SMILES string of the molecule is c1ccc(-n2c3ccccc3c3cc(-c4ccc(-c5ccc6c(c5)c5ccccc5n6-c5cccc(-c6cc(-c7c8ccccc8c(-c8ccc(-c9ccc%10ccccc%10c9)cc8)c8ccccc78)c7ccccc7c6)c5)c5ccccc45)ccc32)cc1. The highest BCUT2D eigenvalue weighted by Crippen LogP contribution is 2.48. The first-order chi connectivity index (χ1) is 43.6. The van der Waals surface area contributed by atoms with Gasteiger partial charge in [-0.3, -0.25) is 0 Å². The molecule has 0 atom stereocenters. The van der Waals surface area contributed by atoms with Crippen molar-refractivity contribution in [2.45, 2.75) is 0 Å². The van der Waals surface area contributed by atoms with Crippen molar-refractivity contribution in [3.8, 4) is 78.1 Å². The smallest absolute Gasteiger partial charge is 0.0541 e. The van der Waals surface area contributed by atoms with E-state index in [0.717, 1.165) is 16.9 Å². The molecule has 0 saturated carbocycles. The minimum absolute atomic E-state index is 1.12. The molecule has 408 valence electrons. The standard InChI is InChI=1S/C86H54N2/c1-2-23-65(24-3-1)87-81-35-16-14-29-72(81)78-52-62(43-47-83(78)87)68-45-46-69(71-28-9-8-27-70(68)71)63-44-48-84-79(53-63)73-30-15-17-36-82(73)88(84)66-25-18-22-59(51-66)64-50-61-21-6-7-26-67(61)80(54-64)86-76-33-12-10-31-74(76)85(75-32-11-13-34-77(75)86)57-40-37-56(38-41-57)60-42-39-55-19-4-5-20-58(55)49-60/h1-54H. The maximum absolute atomic E-state index is 2.46. The Hall–Kier alpha value is -11.6. The average molecular weight is 1120 g/mol. The molecule has 0 amide bonds. The predicted octanol–water partition coefficient (Wildman–Crippen LogP) is 23.6. The van der Waals surface area contributed by atoms with Crippen LogP contribution in [-0.4, -0.2) is 9.13 Å². The fraction of sp³-hybridized carbons (Fsp3) is 0. The van der Waals surface area contributed by atoms with Crippen LogP contribution in [-0.2, 0) is 0 Å². The first-order valence-electron chi connectivity index (χ1n) is 30.5. The topological polar surface area (TPSA) is 9.86 Å². The van der Waals surface area contributed by atoms with E-state index in [1.165, 1.54) is 159 Å². The van der Waals surface area contributed by atoms with E-state index in [0.29, 0.717) is 0 Å². The van der Waals surface area contributed by atoms with Gasteiger partial charge in [0.2, 0.25) is 0 Å². The third kappa shape index (κ3) is 7.89. The fourth-order valence-corrected chi connectivity index (χ4v) is 14.7. The third-order valence-corrected chi connectivity index (χ3v) is 18.7. The third-order valence-electron chi connectivity index (χ3n) is 18.7. The van der Waals surface area contributed by atoms with Gasteiger partial charge in [-0.15, -0.1) is 0 Å². The molecule has 0 spiro atoms. The van der Waals surface area contributed by atoms with Gasteiger partial charge in [-0.05, 0) is 199 Å². The molecule has 0 radical (unpaired) electrons. The van der Waals surface area contributed by atoms with Crippen molar-refractivity contribution < 1.29 is 0 Å². The zero-order valence-electron chi connectivity index (χ0n) is 48.1. The summed E-state index contributed by atoms with van der Waals surface area (Å²) in [6.45, 7) is 0. The van der Waals surface area contributed by atoms with Gasteiger partial charge in [0, 0.05) is 32.9 Å². The van der Waals surface area contributed by atoms with E-state index in [1.54, 1.807) is 0 Å². The summed E-state index contributed by atoms with van der Waals surface area (Å²) in [7, 11) is 0. The van der Waals surface area contributed by atoms with Crippen molar-refractivity contribution in [1.29, 1.82) is 0 Å². The highest BCUT2D eigenvalue weighted by atomic mass is 15.0. The predicted molar refractivity (Wildman–Crippen MR) is 375 cm³/mol. The molecular formula is C86H54N2. The Morgan fingerprint density at radius 2 is 0.580 bits per heavy atom. The second-order valence-electron chi connectivity index (χ2n) is 23.5. The Morgan fingerprint density at radius 3 is 1.19 bits per heavy atom. The van der Waals surface area contributed by atoms with Crippen LogP contribution in [0.5, 0.6) is 0 Å². The normalized spacial score (nSPS) is 11.9. The largest absolute Gasteiger partial charge is 0.309 e. The van der Waals surface area contributed by atoms with Crippen LogP contribution in [0.15, 0.2) is 328 Å². The number of aromatic nitrogens is 2. The number of rotatable bonds is 8. The van der Waals surface area contributed by atoms with Gasteiger partial charge in [-0.2, -0.15) is 0 Å². The molecule has 0 aliphatic carbocycles. The summed E-state index contributed by atoms with van der Waals surface area (Å²) in [4.78, 5) is 0. The van der Waals surface area contributed by atoms with Gasteiger partial charge < -0.3 is 9.13 Å². The van der Waals surface area contributed by atoms with Gasteiger partial charge in [-0.1, -0.05) is 249 Å². The highest BCUT2D eigenvalue weighted by molar-refractivity contribution is 6.24. The fourth-order valence-electron chi connectivity index (χ4n) is 14.7. The number of benzene rings is 16. The number of hydrogen-bond acceptors (Lipinski definition) is 0. The summed E-state index contributed by atoms with van der Waals surface area (Å²) in [6, 6.07) is 122. The molecule has 0 unspecified atom stereocenters. The van der Waals surface area contributed by atoms with Crippen LogP contribution >= 0.6 is 0 Å². The van der Waals surface area contributed by atoms with Crippen molar-refractivity contribution >= 4 is 97.5 Å². The van der Waals surface area contributed by atoms with Crippen LogP contribution in [0.3, 0.4) is 0 Å². The van der Waals surface area contributed by atoms with Crippen molar-refractivity contribution in [2.24, 2.45) is 0 Å². The van der Waals surface area contributed by atoms with Crippen molar-refractivity contribution in [1.82, 2.24) is 9.13 Å². The van der Waals surface area contributed by atoms with Crippen LogP contribution in [0.4, 0.5) is 0 Å². The second kappa shape index (κ2) is 20.0. The van der Waals surface area contributed by atoms with Crippen molar-refractivity contribution in [3.63, 3.8) is 0 Å². The molecule has 2 aromatic heterocycles. The van der Waals surface area contributed by atoms with Gasteiger partial charge in [0.25, 0.3) is 0 Å². The molecule has 0 aliphatic rings. The number of fused-ring (bicyclic) bond motifs is 11. The first-order valence-corrected chi connectivity index (χ1v) is 30.5. The van der Waals surface area contributed by atoms with E-state index in [4.69, 9.17) is 0 Å². The minimum Gasteiger partial charge on any atom is -0.309 e. The highest BCUT2D eigenvalue weighted by Gasteiger charge is 2.22. The van der Waals surface area contributed by atoms with Crippen molar-refractivity contribution in [3.05, 3.63) is 328 Å². The molecule has 0 bridgehead atoms. The number of hydrogen-bond donors (Lipinski definition) is 0. The molecule has 16 aromatic carbocycles. The molecule has 0 fully saturated rings. The van der Waals surface area contributed by atoms with Gasteiger partial charge >= 0.3 is 0 Å². The zero-order valence-corrected chi connectivity index (χ0v) is 48.1. The summed E-state index contributed by atoms with van der Waals surface area (Å²) < 4.78 is 4.84. The Morgan fingerprint density at radius 1 is 0.159 bits per heavy atom. The number of nitrogens with zero attached hydrogens (tertiary/aromatic N) is 2. The number of para-hydroxylation sites is 3. The Balaban J connectivity index is 0.737. The van der Waals surface area contributed by atoms with Crippen molar-refractivity contribution in [2.75, 3.05) is 0 Å². The maximum atomic E-state index is 2.46. The Kier molecular flexibility index (Phi) is 11.3. The van der Waals surface area contributed by atoms with E-state index < -0.39 is 0 Å². The average Bonchev–Trinajstić information content (AvgIpc) is 1.99. The van der Waals surface area contributed by atoms with E-state index in [-0.39, 0.29) is 0 Å². The van der Waals surface area contributed by atoms with E-state index in [1.807, 2.05) is 0 Å². The van der Waals surface area contributed by atoms with Crippen LogP contribution in [0.25, 0.3) is 176 Å². The lowest BCUT2D eigenvalue weighted by molar-refractivity contribution is 1.18. The molecule has 2 heterocycles. The van der Waals surface area contributed by atoms with Gasteiger partial charge in [0.1, 0.15) is 0 Å². The van der Waals surface area contributed by atoms with Crippen LogP contribution in [0.2, 0.25) is 0 Å². The quantitative estimate of drug-likeness (QED) is 0.134. The molecule has 18 rings (SSSR count). The Bertz CT molecular complexity index is 5800. The lowest BCUT2D eigenvalue weighted by atomic mass is 9.83.